The number of aryl methyl sites for hydroxylation is 1. The molecule has 4 aromatic rings. The standard InChI is InChI=1S/C30H41N7O3/c1-17(2)34-27-24-28(32-15-31-27)37(16-33-24)29-26(39)25(38)22(40-29)14-36-21-11-10-19(30(3,4)5)13-20(21)35-23(36)12-9-18-7-6-8-18/h10-11,13,15-18,22,25-26,29,38-39H,6-9,12,14H2,1-5H3,(H,31,32,34)/t22-,25-,26-,29-/m1/s1. The van der Waals surface area contributed by atoms with E-state index in [-0.39, 0.29) is 11.5 Å². The number of benzene rings is 1. The molecule has 2 fully saturated rings. The largest absolute Gasteiger partial charge is 0.387 e. The fourth-order valence-corrected chi connectivity index (χ4v) is 5.86. The molecule has 4 heterocycles. The van der Waals surface area contributed by atoms with Gasteiger partial charge in [-0.15, -0.1) is 0 Å². The summed E-state index contributed by atoms with van der Waals surface area (Å²) in [5.74, 6) is 2.40. The number of aliphatic hydroxyl groups excluding tert-OH is 2. The van der Waals surface area contributed by atoms with E-state index in [9.17, 15) is 10.2 Å². The molecular formula is C30H41N7O3. The molecule has 0 unspecified atom stereocenters. The number of nitrogens with one attached hydrogen (secondary N) is 1. The number of hydrogen-bond donors (Lipinski definition) is 3. The van der Waals surface area contributed by atoms with Crippen molar-refractivity contribution in [2.75, 3.05) is 5.32 Å². The van der Waals surface area contributed by atoms with Crippen LogP contribution >= 0.6 is 0 Å². The van der Waals surface area contributed by atoms with Crippen molar-refractivity contribution in [2.45, 2.75) is 109 Å². The third-order valence-corrected chi connectivity index (χ3v) is 8.45. The number of ether oxygens (including phenoxy) is 1. The van der Waals surface area contributed by atoms with Gasteiger partial charge in [-0.2, -0.15) is 0 Å². The molecule has 10 heteroatoms. The van der Waals surface area contributed by atoms with Crippen molar-refractivity contribution >= 4 is 28.0 Å². The number of imidazole rings is 2. The zero-order valence-electron chi connectivity index (χ0n) is 24.1. The maximum Gasteiger partial charge on any atom is 0.167 e. The fraction of sp³-hybridized carbons (Fsp3) is 0.600. The molecule has 1 aromatic carbocycles. The molecule has 0 radical (unpaired) electrons. The molecule has 1 saturated heterocycles. The van der Waals surface area contributed by atoms with Crippen molar-refractivity contribution in [1.29, 1.82) is 0 Å². The second-order valence-electron chi connectivity index (χ2n) is 12.8. The normalized spacial score (nSPS) is 23.9. The monoisotopic (exact) mass is 547 g/mol. The highest BCUT2D eigenvalue weighted by atomic mass is 16.6. The van der Waals surface area contributed by atoms with Gasteiger partial charge in [-0.3, -0.25) is 4.57 Å². The van der Waals surface area contributed by atoms with Crippen LogP contribution in [0.4, 0.5) is 5.82 Å². The smallest absolute Gasteiger partial charge is 0.167 e. The van der Waals surface area contributed by atoms with Crippen LogP contribution < -0.4 is 5.32 Å². The summed E-state index contributed by atoms with van der Waals surface area (Å²) in [7, 11) is 0. The molecule has 40 heavy (non-hydrogen) atoms. The topological polar surface area (TPSA) is 123 Å². The van der Waals surface area contributed by atoms with Crippen molar-refractivity contribution in [3.63, 3.8) is 0 Å². The molecule has 3 N–H and O–H groups in total. The van der Waals surface area contributed by atoms with Crippen LogP contribution in [0, 0.1) is 5.92 Å². The van der Waals surface area contributed by atoms with E-state index in [1.54, 1.807) is 10.9 Å². The Morgan fingerprint density at radius 2 is 1.90 bits per heavy atom. The summed E-state index contributed by atoms with van der Waals surface area (Å²) in [6.45, 7) is 11.1. The van der Waals surface area contributed by atoms with Crippen LogP contribution in [0.25, 0.3) is 22.2 Å². The first-order valence-electron chi connectivity index (χ1n) is 14.6. The maximum atomic E-state index is 11.2. The third kappa shape index (κ3) is 4.97. The van der Waals surface area contributed by atoms with Crippen molar-refractivity contribution in [2.24, 2.45) is 5.92 Å². The predicted octanol–water partition coefficient (Wildman–Crippen LogP) is 4.35. The molecule has 10 nitrogen and oxygen atoms in total. The number of nitrogens with zero attached hydrogens (tertiary/aromatic N) is 6. The van der Waals surface area contributed by atoms with Crippen LogP contribution in [0.15, 0.2) is 30.9 Å². The van der Waals surface area contributed by atoms with E-state index >= 15 is 0 Å². The van der Waals surface area contributed by atoms with E-state index in [1.807, 2.05) is 13.8 Å². The zero-order valence-corrected chi connectivity index (χ0v) is 24.1. The maximum absolute atomic E-state index is 11.2. The Labute approximate surface area is 234 Å². The Hall–Kier alpha value is -3.08. The summed E-state index contributed by atoms with van der Waals surface area (Å²) >= 11 is 0. The highest BCUT2D eigenvalue weighted by Gasteiger charge is 2.45. The van der Waals surface area contributed by atoms with Crippen molar-refractivity contribution < 1.29 is 14.9 Å². The fourth-order valence-electron chi connectivity index (χ4n) is 5.86. The molecule has 1 aliphatic heterocycles. The Morgan fingerprint density at radius 1 is 1.10 bits per heavy atom. The lowest BCUT2D eigenvalue weighted by atomic mass is 9.82. The van der Waals surface area contributed by atoms with E-state index in [2.05, 4.69) is 63.8 Å². The molecule has 1 saturated carbocycles. The van der Waals surface area contributed by atoms with Gasteiger partial charge in [0, 0.05) is 12.5 Å². The SMILES string of the molecule is CC(C)Nc1ncnc2c1ncn2[C@@H]1O[C@H](Cn2c(CCC3CCC3)nc3cc(C(C)(C)C)ccc32)[C@@H](O)[C@H]1O. The Balaban J connectivity index is 1.30. The summed E-state index contributed by atoms with van der Waals surface area (Å²) in [4.78, 5) is 18.3. The van der Waals surface area contributed by atoms with Gasteiger partial charge in [-0.1, -0.05) is 46.1 Å². The van der Waals surface area contributed by atoms with Crippen LogP contribution in [0.3, 0.4) is 0 Å². The lowest BCUT2D eigenvalue weighted by molar-refractivity contribution is -0.0392. The molecule has 3 aromatic heterocycles. The van der Waals surface area contributed by atoms with Crippen LogP contribution in [0.5, 0.6) is 0 Å². The quantitative estimate of drug-likeness (QED) is 0.298. The summed E-state index contributed by atoms with van der Waals surface area (Å²) in [5, 5.41) is 25.6. The average molecular weight is 548 g/mol. The lowest BCUT2D eigenvalue weighted by Crippen LogP contribution is -2.34. The Morgan fingerprint density at radius 3 is 2.60 bits per heavy atom. The van der Waals surface area contributed by atoms with Gasteiger partial charge in [0.2, 0.25) is 0 Å². The third-order valence-electron chi connectivity index (χ3n) is 8.45. The number of anilines is 1. The Bertz CT molecular complexity index is 1500. The molecule has 0 amide bonds. The first-order chi connectivity index (χ1) is 19.1. The molecule has 214 valence electrons. The molecule has 0 bridgehead atoms. The van der Waals surface area contributed by atoms with Gasteiger partial charge in [0.05, 0.1) is 23.9 Å². The van der Waals surface area contributed by atoms with Crippen LogP contribution in [-0.2, 0) is 23.1 Å². The minimum Gasteiger partial charge on any atom is -0.387 e. The first-order valence-corrected chi connectivity index (χ1v) is 14.6. The van der Waals surface area contributed by atoms with E-state index in [0.717, 1.165) is 35.6 Å². The molecule has 1 aliphatic carbocycles. The van der Waals surface area contributed by atoms with Crippen molar-refractivity contribution in [3.8, 4) is 0 Å². The van der Waals surface area contributed by atoms with Gasteiger partial charge in [-0.25, -0.2) is 19.9 Å². The zero-order chi connectivity index (χ0) is 28.2. The van der Waals surface area contributed by atoms with Gasteiger partial charge in [0.1, 0.15) is 30.5 Å². The summed E-state index contributed by atoms with van der Waals surface area (Å²) in [6.07, 6.45) is 5.30. The van der Waals surface area contributed by atoms with Crippen LogP contribution in [0.2, 0.25) is 0 Å². The minimum atomic E-state index is -1.14. The van der Waals surface area contributed by atoms with E-state index in [4.69, 9.17) is 9.72 Å². The van der Waals surface area contributed by atoms with E-state index in [1.165, 1.54) is 31.2 Å². The van der Waals surface area contributed by atoms with Crippen molar-refractivity contribution in [1.82, 2.24) is 29.1 Å². The van der Waals surface area contributed by atoms with Crippen LogP contribution in [-0.4, -0.2) is 63.6 Å². The summed E-state index contributed by atoms with van der Waals surface area (Å²) < 4.78 is 10.2. The minimum absolute atomic E-state index is 0.0217. The molecular weight excluding hydrogens is 506 g/mol. The number of rotatable bonds is 8. The van der Waals surface area contributed by atoms with E-state index < -0.39 is 24.5 Å². The molecule has 4 atom stereocenters. The molecule has 2 aliphatic rings. The number of aromatic nitrogens is 6. The van der Waals surface area contributed by atoms with Gasteiger partial charge in [0.25, 0.3) is 0 Å². The summed E-state index contributed by atoms with van der Waals surface area (Å²) in [5.41, 5.74) is 4.38. The Kier molecular flexibility index (Phi) is 7.04. The number of hydrogen-bond acceptors (Lipinski definition) is 8. The molecule has 0 spiro atoms. The van der Waals surface area contributed by atoms with Crippen molar-refractivity contribution in [3.05, 3.63) is 42.2 Å². The van der Waals surface area contributed by atoms with Gasteiger partial charge < -0.3 is 24.8 Å². The van der Waals surface area contributed by atoms with Gasteiger partial charge in [-0.05, 0) is 49.3 Å². The number of aliphatic hydroxyl groups is 2. The van der Waals surface area contributed by atoms with Crippen LogP contribution in [0.1, 0.15) is 77.9 Å². The highest BCUT2D eigenvalue weighted by Crippen LogP contribution is 2.35. The lowest BCUT2D eigenvalue weighted by Gasteiger charge is -2.25. The average Bonchev–Trinajstić information content (AvgIpc) is 3.53. The highest BCUT2D eigenvalue weighted by molar-refractivity contribution is 5.82. The predicted molar refractivity (Wildman–Crippen MR) is 154 cm³/mol. The van der Waals surface area contributed by atoms with Gasteiger partial charge in [0.15, 0.2) is 23.2 Å². The van der Waals surface area contributed by atoms with Gasteiger partial charge >= 0.3 is 0 Å². The van der Waals surface area contributed by atoms with E-state index in [0.29, 0.717) is 23.5 Å². The first kappa shape index (κ1) is 27.1. The second kappa shape index (κ2) is 10.4. The second-order valence-corrected chi connectivity index (χ2v) is 12.8. The number of fused-ring (bicyclic) bond motifs is 2. The summed E-state index contributed by atoms with van der Waals surface area (Å²) in [6, 6.07) is 6.65. The molecule has 6 rings (SSSR count).